The Morgan fingerprint density at radius 2 is 2.20 bits per heavy atom. The van der Waals surface area contributed by atoms with E-state index in [9.17, 15) is 4.79 Å². The Labute approximate surface area is 133 Å². The molecule has 0 bridgehead atoms. The summed E-state index contributed by atoms with van der Waals surface area (Å²) in [5.74, 6) is 0.835. The summed E-state index contributed by atoms with van der Waals surface area (Å²) in [4.78, 5) is 14.1. The van der Waals surface area contributed by atoms with Crippen LogP contribution in [0.1, 0.15) is 24.5 Å². The lowest BCUT2D eigenvalue weighted by molar-refractivity contribution is -0.125. The van der Waals surface area contributed by atoms with Crippen molar-refractivity contribution in [2.24, 2.45) is 0 Å². The summed E-state index contributed by atoms with van der Waals surface area (Å²) >= 11 is 2.34. The zero-order valence-corrected chi connectivity index (χ0v) is 14.3. The minimum Gasteiger partial charge on any atom is -0.479 e. The molecule has 0 spiro atoms. The Hall–Kier alpha value is -0.820. The van der Waals surface area contributed by atoms with E-state index in [0.717, 1.165) is 22.3 Å². The highest BCUT2D eigenvalue weighted by atomic mass is 127. The van der Waals surface area contributed by atoms with Gasteiger partial charge < -0.3 is 14.4 Å². The molecule has 0 aromatic heterocycles. The van der Waals surface area contributed by atoms with E-state index < -0.39 is 6.10 Å². The van der Waals surface area contributed by atoms with Crippen molar-refractivity contribution in [1.29, 1.82) is 0 Å². The highest BCUT2D eigenvalue weighted by Crippen LogP contribution is 2.37. The number of alkyl halides is 1. The van der Waals surface area contributed by atoms with Gasteiger partial charge in [-0.05, 0) is 43.5 Å². The number of carbonyl (C=O) groups excluding carboxylic acids is 1. The maximum Gasteiger partial charge on any atom is 0.267 e. The van der Waals surface area contributed by atoms with Crippen LogP contribution < -0.4 is 9.64 Å². The lowest BCUT2D eigenvalue weighted by Crippen LogP contribution is -2.45. The van der Waals surface area contributed by atoms with Crippen LogP contribution in [0.5, 0.6) is 5.75 Å². The fraction of sp³-hybridized carbons (Fsp3) is 0.533. The van der Waals surface area contributed by atoms with Crippen molar-refractivity contribution in [1.82, 2.24) is 0 Å². The van der Waals surface area contributed by atoms with Gasteiger partial charge in [0.1, 0.15) is 5.75 Å². The predicted octanol–water partition coefficient (Wildman–Crippen LogP) is 3.08. The molecule has 0 aliphatic carbocycles. The van der Waals surface area contributed by atoms with Gasteiger partial charge in [-0.15, -0.1) is 0 Å². The van der Waals surface area contributed by atoms with E-state index >= 15 is 0 Å². The SMILES string of the molecule is COCCCN1C(=O)C(C)Oc2cc(CI)c(C)cc21. The summed E-state index contributed by atoms with van der Waals surface area (Å²) in [7, 11) is 1.68. The molecule has 0 saturated carbocycles. The summed E-state index contributed by atoms with van der Waals surface area (Å²) in [6.45, 7) is 5.19. The minimum absolute atomic E-state index is 0.0234. The van der Waals surface area contributed by atoms with Gasteiger partial charge in [-0.2, -0.15) is 0 Å². The van der Waals surface area contributed by atoms with E-state index in [1.807, 2.05) is 4.90 Å². The van der Waals surface area contributed by atoms with Gasteiger partial charge in [0.15, 0.2) is 6.10 Å². The summed E-state index contributed by atoms with van der Waals surface area (Å²) in [5.41, 5.74) is 3.33. The van der Waals surface area contributed by atoms with E-state index in [1.165, 1.54) is 11.1 Å². The molecule has 20 heavy (non-hydrogen) atoms. The number of benzene rings is 1. The number of carbonyl (C=O) groups is 1. The zero-order chi connectivity index (χ0) is 14.7. The van der Waals surface area contributed by atoms with Gasteiger partial charge in [-0.25, -0.2) is 0 Å². The molecule has 0 radical (unpaired) electrons. The number of hydrogen-bond acceptors (Lipinski definition) is 3. The van der Waals surface area contributed by atoms with E-state index in [-0.39, 0.29) is 5.91 Å². The third-order valence-corrected chi connectivity index (χ3v) is 4.32. The molecule has 1 aliphatic rings. The average molecular weight is 389 g/mol. The molecule has 0 saturated heterocycles. The predicted molar refractivity (Wildman–Crippen MR) is 87.8 cm³/mol. The highest BCUT2D eigenvalue weighted by Gasteiger charge is 2.31. The van der Waals surface area contributed by atoms with Crippen LogP contribution in [0.15, 0.2) is 12.1 Å². The van der Waals surface area contributed by atoms with Gasteiger partial charge in [0.25, 0.3) is 5.91 Å². The zero-order valence-electron chi connectivity index (χ0n) is 12.1. The first-order valence-electron chi connectivity index (χ1n) is 6.75. The highest BCUT2D eigenvalue weighted by molar-refractivity contribution is 14.1. The summed E-state index contributed by atoms with van der Waals surface area (Å²) in [6, 6.07) is 4.11. The molecule has 1 aliphatic heterocycles. The van der Waals surface area contributed by atoms with Crippen LogP contribution in [0.25, 0.3) is 0 Å². The van der Waals surface area contributed by atoms with Gasteiger partial charge in [0, 0.05) is 24.7 Å². The molecule has 5 heteroatoms. The van der Waals surface area contributed by atoms with Gasteiger partial charge >= 0.3 is 0 Å². The number of methoxy groups -OCH3 is 1. The number of fused-ring (bicyclic) bond motifs is 1. The molecule has 1 amide bonds. The van der Waals surface area contributed by atoms with Crippen molar-refractivity contribution in [3.05, 3.63) is 23.3 Å². The summed E-state index contributed by atoms with van der Waals surface area (Å²) in [5, 5.41) is 0. The molecule has 1 aromatic carbocycles. The Balaban J connectivity index is 2.33. The Morgan fingerprint density at radius 1 is 1.45 bits per heavy atom. The van der Waals surface area contributed by atoms with Gasteiger partial charge in [-0.1, -0.05) is 22.6 Å². The molecule has 2 rings (SSSR count). The van der Waals surface area contributed by atoms with E-state index in [1.54, 1.807) is 14.0 Å². The number of rotatable bonds is 5. The topological polar surface area (TPSA) is 38.8 Å². The molecule has 1 unspecified atom stereocenters. The Bertz CT molecular complexity index is 504. The lowest BCUT2D eigenvalue weighted by Gasteiger charge is -2.33. The first-order chi connectivity index (χ1) is 9.58. The number of ether oxygens (including phenoxy) is 2. The van der Waals surface area contributed by atoms with E-state index in [4.69, 9.17) is 9.47 Å². The minimum atomic E-state index is -0.421. The second-order valence-electron chi connectivity index (χ2n) is 4.98. The van der Waals surface area contributed by atoms with Gasteiger partial charge in [0.2, 0.25) is 0 Å². The Morgan fingerprint density at radius 3 is 2.85 bits per heavy atom. The summed E-state index contributed by atoms with van der Waals surface area (Å²) in [6.07, 6.45) is 0.399. The van der Waals surface area contributed by atoms with Crippen molar-refractivity contribution in [3.8, 4) is 5.75 Å². The first kappa shape index (κ1) is 15.6. The van der Waals surface area contributed by atoms with Crippen molar-refractivity contribution in [3.63, 3.8) is 0 Å². The maximum absolute atomic E-state index is 12.3. The van der Waals surface area contributed by atoms with Crippen LogP contribution in [-0.4, -0.2) is 32.3 Å². The number of halogens is 1. The first-order valence-corrected chi connectivity index (χ1v) is 8.27. The normalized spacial score (nSPS) is 17.9. The number of aryl methyl sites for hydroxylation is 1. The van der Waals surface area contributed by atoms with Crippen LogP contribution in [-0.2, 0) is 14.0 Å². The maximum atomic E-state index is 12.3. The fourth-order valence-electron chi connectivity index (χ4n) is 2.34. The monoisotopic (exact) mass is 389 g/mol. The Kier molecular flexibility index (Phi) is 5.26. The van der Waals surface area contributed by atoms with Crippen molar-refractivity contribution < 1.29 is 14.3 Å². The van der Waals surface area contributed by atoms with E-state index in [2.05, 4.69) is 41.6 Å². The van der Waals surface area contributed by atoms with Gasteiger partial charge in [0.05, 0.1) is 5.69 Å². The standard InChI is InChI=1S/C15H20INO3/c1-10-7-13-14(8-12(10)9-16)20-11(2)15(18)17(13)5-4-6-19-3/h7-8,11H,4-6,9H2,1-3H3. The molecule has 1 heterocycles. The fourth-order valence-corrected chi connectivity index (χ4v) is 3.16. The number of hydrogen-bond donors (Lipinski definition) is 0. The molecule has 4 nitrogen and oxygen atoms in total. The number of anilines is 1. The van der Waals surface area contributed by atoms with Crippen molar-refractivity contribution >= 4 is 34.2 Å². The quantitative estimate of drug-likeness (QED) is 0.442. The van der Waals surface area contributed by atoms with Gasteiger partial charge in [-0.3, -0.25) is 4.79 Å². The molecule has 1 atom stereocenters. The molecular weight excluding hydrogens is 369 g/mol. The molecular formula is C15H20INO3. The third-order valence-electron chi connectivity index (χ3n) is 3.50. The smallest absolute Gasteiger partial charge is 0.267 e. The van der Waals surface area contributed by atoms with Crippen molar-refractivity contribution in [2.45, 2.75) is 30.8 Å². The second kappa shape index (κ2) is 6.76. The average Bonchev–Trinajstić information content (AvgIpc) is 2.43. The van der Waals surface area contributed by atoms with Crippen molar-refractivity contribution in [2.75, 3.05) is 25.2 Å². The molecule has 1 aromatic rings. The van der Waals surface area contributed by atoms with Crippen LogP contribution in [0, 0.1) is 6.92 Å². The van der Waals surface area contributed by atoms with Crippen LogP contribution in [0.3, 0.4) is 0 Å². The molecule has 0 fully saturated rings. The lowest BCUT2D eigenvalue weighted by atomic mass is 10.1. The molecule has 110 valence electrons. The molecule has 0 N–H and O–H groups in total. The van der Waals surface area contributed by atoms with Crippen LogP contribution in [0.2, 0.25) is 0 Å². The van der Waals surface area contributed by atoms with Crippen LogP contribution >= 0.6 is 22.6 Å². The van der Waals surface area contributed by atoms with Crippen LogP contribution in [0.4, 0.5) is 5.69 Å². The third kappa shape index (κ3) is 3.09. The second-order valence-corrected chi connectivity index (χ2v) is 5.74. The number of amides is 1. The largest absolute Gasteiger partial charge is 0.479 e. The number of nitrogens with zero attached hydrogens (tertiary/aromatic N) is 1. The van der Waals surface area contributed by atoms with E-state index in [0.29, 0.717) is 13.2 Å². The summed E-state index contributed by atoms with van der Waals surface area (Å²) < 4.78 is 11.8.